The van der Waals surface area contributed by atoms with Crippen LogP contribution in [0.2, 0.25) is 0 Å². The molecule has 0 N–H and O–H groups in total. The lowest BCUT2D eigenvalue weighted by atomic mass is 9.83. The number of ether oxygens (including phenoxy) is 1. The molecule has 0 spiro atoms. The molecule has 8 rings (SSSR count). The van der Waals surface area contributed by atoms with Gasteiger partial charge in [-0.05, 0) is 22.4 Å². The van der Waals surface area contributed by atoms with E-state index in [1.54, 1.807) is 0 Å². The van der Waals surface area contributed by atoms with Gasteiger partial charge in [-0.25, -0.2) is 15.0 Å². The first-order valence-electron chi connectivity index (χ1n) is 13.9. The van der Waals surface area contributed by atoms with Gasteiger partial charge in [-0.2, -0.15) is 0 Å². The van der Waals surface area contributed by atoms with Crippen LogP contribution >= 0.6 is 0 Å². The molecular formula is C37H25N3O. The van der Waals surface area contributed by atoms with Gasteiger partial charge in [0.15, 0.2) is 17.5 Å². The van der Waals surface area contributed by atoms with Crippen molar-refractivity contribution in [2.75, 3.05) is 0 Å². The van der Waals surface area contributed by atoms with E-state index < -0.39 is 0 Å². The van der Waals surface area contributed by atoms with Crippen LogP contribution < -0.4 is 4.74 Å². The van der Waals surface area contributed by atoms with E-state index in [4.69, 9.17) is 19.7 Å². The average Bonchev–Trinajstić information content (AvgIpc) is 3.44. The van der Waals surface area contributed by atoms with Crippen LogP contribution in [0.4, 0.5) is 0 Å². The number of fused-ring (bicyclic) bond motifs is 4. The van der Waals surface area contributed by atoms with E-state index in [1.165, 1.54) is 16.3 Å². The number of aromatic nitrogens is 3. The second-order valence-electron chi connectivity index (χ2n) is 10.4. The van der Waals surface area contributed by atoms with Crippen LogP contribution in [-0.2, 0) is 0 Å². The SMILES string of the molecule is C1=CC2Oc3c(-c4cccc5ccccc45)cccc3C2C(c2nc(-c3ccccc3)nc(-c3ccccc3)n2)=C1. The summed E-state index contributed by atoms with van der Waals surface area (Å²) in [5.41, 5.74) is 6.37. The Kier molecular flexibility index (Phi) is 5.56. The molecule has 194 valence electrons. The van der Waals surface area contributed by atoms with Gasteiger partial charge in [0, 0.05) is 27.8 Å². The van der Waals surface area contributed by atoms with Crippen LogP contribution in [0.25, 0.3) is 50.2 Å². The Morgan fingerprint density at radius 1 is 0.537 bits per heavy atom. The number of allylic oxidation sites excluding steroid dienone is 2. The fourth-order valence-electron chi connectivity index (χ4n) is 6.00. The topological polar surface area (TPSA) is 47.9 Å². The molecule has 0 radical (unpaired) electrons. The van der Waals surface area contributed by atoms with E-state index in [2.05, 4.69) is 78.9 Å². The third-order valence-electron chi connectivity index (χ3n) is 7.91. The summed E-state index contributed by atoms with van der Waals surface area (Å²) in [5.74, 6) is 2.88. The predicted octanol–water partition coefficient (Wildman–Crippen LogP) is 8.52. The van der Waals surface area contributed by atoms with Crippen molar-refractivity contribution < 1.29 is 4.74 Å². The van der Waals surface area contributed by atoms with Gasteiger partial charge in [0.1, 0.15) is 11.9 Å². The van der Waals surface area contributed by atoms with E-state index in [0.29, 0.717) is 17.5 Å². The molecule has 4 nitrogen and oxygen atoms in total. The van der Waals surface area contributed by atoms with Gasteiger partial charge in [0.25, 0.3) is 0 Å². The molecule has 0 saturated carbocycles. The largest absolute Gasteiger partial charge is 0.484 e. The summed E-state index contributed by atoms with van der Waals surface area (Å²) in [5, 5.41) is 2.43. The van der Waals surface area contributed by atoms with E-state index in [9.17, 15) is 0 Å². The van der Waals surface area contributed by atoms with Crippen LogP contribution in [0.3, 0.4) is 0 Å². The van der Waals surface area contributed by atoms with Crippen molar-refractivity contribution in [2.45, 2.75) is 12.0 Å². The molecule has 1 aliphatic carbocycles. The first kappa shape index (κ1) is 23.5. The van der Waals surface area contributed by atoms with Crippen LogP contribution in [0.5, 0.6) is 5.75 Å². The highest BCUT2D eigenvalue weighted by Crippen LogP contribution is 2.51. The Labute approximate surface area is 238 Å². The standard InChI is InChI=1S/C37H25N3O/c1-3-13-25(14-4-1)35-38-36(26-15-5-2-6-16-26)40-37(39-35)31-22-11-23-32-33(31)30-21-10-20-29(34(30)41-32)28-19-9-17-24-12-7-8-18-27(24)28/h1-23,32-33H. The number of nitrogens with zero attached hydrogens (tertiary/aromatic N) is 3. The summed E-state index contributed by atoms with van der Waals surface area (Å²) < 4.78 is 6.73. The molecule has 2 heterocycles. The molecule has 4 heteroatoms. The lowest BCUT2D eigenvalue weighted by Gasteiger charge is -2.22. The van der Waals surface area contributed by atoms with Crippen LogP contribution in [0.1, 0.15) is 17.3 Å². The zero-order chi connectivity index (χ0) is 27.2. The summed E-state index contributed by atoms with van der Waals surface area (Å²) in [7, 11) is 0. The zero-order valence-corrected chi connectivity index (χ0v) is 22.2. The number of para-hydroxylation sites is 1. The number of rotatable bonds is 4. The number of hydrogen-bond donors (Lipinski definition) is 0. The number of hydrogen-bond acceptors (Lipinski definition) is 4. The molecule has 41 heavy (non-hydrogen) atoms. The van der Waals surface area contributed by atoms with Crippen LogP contribution in [0, 0.1) is 0 Å². The summed E-state index contributed by atoms with van der Waals surface area (Å²) in [6.07, 6.45) is 6.19. The van der Waals surface area contributed by atoms with Crippen molar-refractivity contribution >= 4 is 16.3 Å². The molecule has 5 aromatic carbocycles. The van der Waals surface area contributed by atoms with Crippen molar-refractivity contribution in [1.82, 2.24) is 15.0 Å². The maximum absolute atomic E-state index is 6.73. The zero-order valence-electron chi connectivity index (χ0n) is 22.2. The van der Waals surface area contributed by atoms with Crippen molar-refractivity contribution in [3.05, 3.63) is 151 Å². The molecule has 0 bridgehead atoms. The van der Waals surface area contributed by atoms with Gasteiger partial charge >= 0.3 is 0 Å². The highest BCUT2D eigenvalue weighted by Gasteiger charge is 2.40. The first-order valence-corrected chi connectivity index (χ1v) is 13.9. The van der Waals surface area contributed by atoms with Crippen molar-refractivity contribution in [2.24, 2.45) is 0 Å². The molecule has 0 fully saturated rings. The van der Waals surface area contributed by atoms with Gasteiger partial charge in [-0.3, -0.25) is 0 Å². The van der Waals surface area contributed by atoms with Crippen molar-refractivity contribution in [3.63, 3.8) is 0 Å². The minimum atomic E-state index is -0.141. The van der Waals surface area contributed by atoms with E-state index >= 15 is 0 Å². The predicted molar refractivity (Wildman–Crippen MR) is 164 cm³/mol. The van der Waals surface area contributed by atoms with Crippen LogP contribution in [-0.4, -0.2) is 21.1 Å². The molecule has 1 aromatic heterocycles. The Bertz CT molecular complexity index is 1920. The second-order valence-corrected chi connectivity index (χ2v) is 10.4. The first-order chi connectivity index (χ1) is 20.3. The molecule has 2 atom stereocenters. The minimum Gasteiger partial charge on any atom is -0.484 e. The van der Waals surface area contributed by atoms with Gasteiger partial charge < -0.3 is 4.74 Å². The van der Waals surface area contributed by atoms with E-state index in [0.717, 1.165) is 33.6 Å². The van der Waals surface area contributed by atoms with Crippen LogP contribution in [0.15, 0.2) is 140 Å². The fraction of sp³-hybridized carbons (Fsp3) is 0.0541. The van der Waals surface area contributed by atoms with Gasteiger partial charge in [-0.15, -0.1) is 0 Å². The lowest BCUT2D eigenvalue weighted by Crippen LogP contribution is -2.20. The summed E-state index contributed by atoms with van der Waals surface area (Å²) in [6, 6.07) is 41.6. The quantitative estimate of drug-likeness (QED) is 0.231. The Balaban J connectivity index is 1.28. The van der Waals surface area contributed by atoms with Gasteiger partial charge in [-0.1, -0.05) is 133 Å². The Hall–Kier alpha value is -5.35. The van der Waals surface area contributed by atoms with Gasteiger partial charge in [0.05, 0.1) is 5.92 Å². The van der Waals surface area contributed by atoms with E-state index in [1.807, 2.05) is 60.7 Å². The minimum absolute atomic E-state index is 0.0282. The number of benzene rings is 5. The fourth-order valence-corrected chi connectivity index (χ4v) is 6.00. The molecule has 2 unspecified atom stereocenters. The highest BCUT2D eigenvalue weighted by molar-refractivity contribution is 5.98. The molecular weight excluding hydrogens is 502 g/mol. The molecule has 0 amide bonds. The summed E-state index contributed by atoms with van der Waals surface area (Å²) >= 11 is 0. The second kappa shape index (κ2) is 9.68. The smallest absolute Gasteiger partial charge is 0.164 e. The average molecular weight is 528 g/mol. The third-order valence-corrected chi connectivity index (χ3v) is 7.91. The third kappa shape index (κ3) is 4.04. The van der Waals surface area contributed by atoms with Gasteiger partial charge in [0.2, 0.25) is 0 Å². The molecule has 2 aliphatic rings. The maximum Gasteiger partial charge on any atom is 0.164 e. The molecule has 1 aliphatic heterocycles. The Morgan fingerprint density at radius 2 is 1.15 bits per heavy atom. The molecule has 0 saturated heterocycles. The summed E-state index contributed by atoms with van der Waals surface area (Å²) in [6.45, 7) is 0. The molecule has 6 aromatic rings. The monoisotopic (exact) mass is 527 g/mol. The van der Waals surface area contributed by atoms with E-state index in [-0.39, 0.29) is 12.0 Å². The lowest BCUT2D eigenvalue weighted by molar-refractivity contribution is 0.272. The Morgan fingerprint density at radius 3 is 1.90 bits per heavy atom. The highest BCUT2D eigenvalue weighted by atomic mass is 16.5. The van der Waals surface area contributed by atoms with Crippen molar-refractivity contribution in [3.8, 4) is 39.7 Å². The summed E-state index contributed by atoms with van der Waals surface area (Å²) in [4.78, 5) is 14.9. The maximum atomic E-state index is 6.73. The normalized spacial score (nSPS) is 17.0. The van der Waals surface area contributed by atoms with Crippen molar-refractivity contribution in [1.29, 1.82) is 0 Å².